The number of anilines is 1. The molecule has 0 radical (unpaired) electrons. The SMILES string of the molecule is O=C(NC(=O)c1c(F)cccc1F)Nc1ccccc1Oc1cccc(C(F)(F)F)c1. The second-order valence-electron chi connectivity index (χ2n) is 6.13. The summed E-state index contributed by atoms with van der Waals surface area (Å²) in [4.78, 5) is 24.1. The normalized spacial score (nSPS) is 11.0. The first-order valence-corrected chi connectivity index (χ1v) is 8.65. The highest BCUT2D eigenvalue weighted by Crippen LogP contribution is 2.34. The van der Waals surface area contributed by atoms with Gasteiger partial charge in [-0.15, -0.1) is 0 Å². The van der Waals surface area contributed by atoms with Crippen molar-refractivity contribution in [2.75, 3.05) is 5.32 Å². The van der Waals surface area contributed by atoms with Crippen LogP contribution in [0.25, 0.3) is 0 Å². The zero-order valence-electron chi connectivity index (χ0n) is 15.5. The Morgan fingerprint density at radius 1 is 0.839 bits per heavy atom. The van der Waals surface area contributed by atoms with E-state index in [1.54, 1.807) is 5.32 Å². The minimum Gasteiger partial charge on any atom is -0.455 e. The zero-order chi connectivity index (χ0) is 22.6. The van der Waals surface area contributed by atoms with Crippen LogP contribution in [0.5, 0.6) is 11.5 Å². The fourth-order valence-corrected chi connectivity index (χ4v) is 2.56. The zero-order valence-corrected chi connectivity index (χ0v) is 15.5. The highest BCUT2D eigenvalue weighted by Gasteiger charge is 2.30. The first-order chi connectivity index (χ1) is 14.6. The monoisotopic (exact) mass is 436 g/mol. The molecule has 31 heavy (non-hydrogen) atoms. The maximum absolute atomic E-state index is 13.7. The number of urea groups is 1. The molecule has 0 fully saturated rings. The Kier molecular flexibility index (Phi) is 6.19. The number of benzene rings is 3. The van der Waals surface area contributed by atoms with Crippen LogP contribution in [0.2, 0.25) is 0 Å². The molecule has 0 aliphatic heterocycles. The molecule has 2 N–H and O–H groups in total. The van der Waals surface area contributed by atoms with E-state index in [2.05, 4.69) is 5.32 Å². The van der Waals surface area contributed by atoms with E-state index in [1.807, 2.05) is 0 Å². The van der Waals surface area contributed by atoms with Gasteiger partial charge in [0.25, 0.3) is 5.91 Å². The van der Waals surface area contributed by atoms with Crippen LogP contribution < -0.4 is 15.4 Å². The molecule has 0 heterocycles. The quantitative estimate of drug-likeness (QED) is 0.513. The number of alkyl halides is 3. The average Bonchev–Trinajstić information content (AvgIpc) is 2.69. The van der Waals surface area contributed by atoms with E-state index >= 15 is 0 Å². The standard InChI is InChI=1S/C21H13F5N2O3/c22-14-7-4-8-15(23)18(14)19(29)28-20(30)27-16-9-1-2-10-17(16)31-13-6-3-5-12(11-13)21(24,25)26/h1-11H,(H2,27,28,29,30). The lowest BCUT2D eigenvalue weighted by Crippen LogP contribution is -2.35. The number of nitrogens with one attached hydrogen (secondary N) is 2. The number of imide groups is 1. The lowest BCUT2D eigenvalue weighted by molar-refractivity contribution is -0.137. The van der Waals surface area contributed by atoms with E-state index < -0.39 is 40.9 Å². The minimum atomic E-state index is -4.57. The molecule has 0 saturated carbocycles. The molecule has 0 saturated heterocycles. The second-order valence-corrected chi connectivity index (χ2v) is 6.13. The number of halogens is 5. The van der Waals surface area contributed by atoms with Crippen LogP contribution in [0, 0.1) is 11.6 Å². The van der Waals surface area contributed by atoms with Gasteiger partial charge in [0.15, 0.2) is 5.75 Å². The molecule has 5 nitrogen and oxygen atoms in total. The summed E-state index contributed by atoms with van der Waals surface area (Å²) in [5.74, 6) is -3.79. The first kappa shape index (κ1) is 21.8. The molecule has 3 aromatic rings. The van der Waals surface area contributed by atoms with E-state index in [9.17, 15) is 31.5 Å². The number of hydrogen-bond acceptors (Lipinski definition) is 3. The Hall–Kier alpha value is -3.95. The maximum Gasteiger partial charge on any atom is 0.416 e. The molecule has 0 aromatic heterocycles. The van der Waals surface area contributed by atoms with Gasteiger partial charge in [-0.3, -0.25) is 10.1 Å². The van der Waals surface area contributed by atoms with Crippen molar-refractivity contribution in [2.45, 2.75) is 6.18 Å². The van der Waals surface area contributed by atoms with Gasteiger partial charge in [0.05, 0.1) is 11.3 Å². The second kappa shape index (κ2) is 8.82. The predicted octanol–water partition coefficient (Wildman–Crippen LogP) is 5.74. The van der Waals surface area contributed by atoms with Crippen molar-refractivity contribution < 1.29 is 36.3 Å². The molecule has 0 aliphatic carbocycles. The molecule has 0 bridgehead atoms. The number of para-hydroxylation sites is 2. The molecule has 0 unspecified atom stereocenters. The molecule has 10 heteroatoms. The number of carbonyl (C=O) groups is 2. The van der Waals surface area contributed by atoms with Crippen LogP contribution in [0.3, 0.4) is 0 Å². The fraction of sp³-hybridized carbons (Fsp3) is 0.0476. The lowest BCUT2D eigenvalue weighted by Gasteiger charge is -2.14. The Balaban J connectivity index is 1.75. The van der Waals surface area contributed by atoms with Crippen molar-refractivity contribution in [3.05, 3.63) is 89.5 Å². The highest BCUT2D eigenvalue weighted by molar-refractivity contribution is 6.08. The van der Waals surface area contributed by atoms with Crippen molar-refractivity contribution in [3.8, 4) is 11.5 Å². The van der Waals surface area contributed by atoms with E-state index in [1.165, 1.54) is 30.3 Å². The highest BCUT2D eigenvalue weighted by atomic mass is 19.4. The van der Waals surface area contributed by atoms with Gasteiger partial charge in [0.2, 0.25) is 0 Å². The van der Waals surface area contributed by atoms with Crippen molar-refractivity contribution in [2.24, 2.45) is 0 Å². The smallest absolute Gasteiger partial charge is 0.416 e. The van der Waals surface area contributed by atoms with Gasteiger partial charge in [-0.1, -0.05) is 24.3 Å². The molecule has 160 valence electrons. The summed E-state index contributed by atoms with van der Waals surface area (Å²) in [6, 6.07) is 11.5. The van der Waals surface area contributed by atoms with E-state index in [0.717, 1.165) is 36.4 Å². The first-order valence-electron chi connectivity index (χ1n) is 8.65. The minimum absolute atomic E-state index is 0.000725. The summed E-state index contributed by atoms with van der Waals surface area (Å²) in [5.41, 5.74) is -1.86. The van der Waals surface area contributed by atoms with Crippen molar-refractivity contribution in [3.63, 3.8) is 0 Å². The maximum atomic E-state index is 13.7. The van der Waals surface area contributed by atoms with Crippen molar-refractivity contribution in [1.82, 2.24) is 5.32 Å². The third-order valence-electron chi connectivity index (χ3n) is 3.94. The summed E-state index contributed by atoms with van der Waals surface area (Å²) < 4.78 is 71.4. The fourth-order valence-electron chi connectivity index (χ4n) is 2.56. The van der Waals surface area contributed by atoms with Crippen LogP contribution in [-0.4, -0.2) is 11.9 Å². The van der Waals surface area contributed by atoms with Crippen LogP contribution >= 0.6 is 0 Å². The third kappa shape index (κ3) is 5.35. The molecule has 0 aliphatic rings. The number of ether oxygens (including phenoxy) is 1. The summed E-state index contributed by atoms with van der Waals surface area (Å²) >= 11 is 0. The van der Waals surface area contributed by atoms with E-state index in [4.69, 9.17) is 4.74 Å². The third-order valence-corrected chi connectivity index (χ3v) is 3.94. The van der Waals surface area contributed by atoms with E-state index in [-0.39, 0.29) is 17.2 Å². The van der Waals surface area contributed by atoms with Gasteiger partial charge < -0.3 is 10.1 Å². The summed E-state index contributed by atoms with van der Waals surface area (Å²) in [6.07, 6.45) is -4.57. The lowest BCUT2D eigenvalue weighted by atomic mass is 10.2. The van der Waals surface area contributed by atoms with Crippen LogP contribution in [0.4, 0.5) is 32.4 Å². The molecular formula is C21H13F5N2O3. The van der Waals surface area contributed by atoms with Crippen LogP contribution in [-0.2, 0) is 6.18 Å². The molecule has 0 spiro atoms. The van der Waals surface area contributed by atoms with Crippen LogP contribution in [0.1, 0.15) is 15.9 Å². The summed E-state index contributed by atoms with van der Waals surface area (Å²) in [6.45, 7) is 0. The summed E-state index contributed by atoms with van der Waals surface area (Å²) in [5, 5.41) is 4.03. The summed E-state index contributed by atoms with van der Waals surface area (Å²) in [7, 11) is 0. The van der Waals surface area contributed by atoms with Gasteiger partial charge in [0.1, 0.15) is 22.9 Å². The number of carbonyl (C=O) groups excluding carboxylic acids is 2. The number of rotatable bonds is 4. The molecule has 3 rings (SSSR count). The van der Waals surface area contributed by atoms with Gasteiger partial charge in [-0.25, -0.2) is 13.6 Å². The molecular weight excluding hydrogens is 423 g/mol. The Bertz CT molecular complexity index is 1110. The topological polar surface area (TPSA) is 67.4 Å². The number of amides is 3. The number of hydrogen-bond donors (Lipinski definition) is 2. The average molecular weight is 436 g/mol. The van der Waals surface area contributed by atoms with Crippen LogP contribution in [0.15, 0.2) is 66.7 Å². The Morgan fingerprint density at radius 2 is 1.48 bits per heavy atom. The van der Waals surface area contributed by atoms with Gasteiger partial charge >= 0.3 is 12.2 Å². The Labute approximate surface area is 172 Å². The van der Waals surface area contributed by atoms with Crippen molar-refractivity contribution in [1.29, 1.82) is 0 Å². The largest absolute Gasteiger partial charge is 0.455 e. The van der Waals surface area contributed by atoms with Gasteiger partial charge in [-0.2, -0.15) is 13.2 Å². The molecule has 3 aromatic carbocycles. The van der Waals surface area contributed by atoms with E-state index in [0.29, 0.717) is 0 Å². The van der Waals surface area contributed by atoms with Crippen molar-refractivity contribution >= 4 is 17.6 Å². The van der Waals surface area contributed by atoms with Gasteiger partial charge in [-0.05, 0) is 42.5 Å². The molecule has 0 atom stereocenters. The van der Waals surface area contributed by atoms with Gasteiger partial charge in [0, 0.05) is 0 Å². The Morgan fingerprint density at radius 3 is 2.16 bits per heavy atom. The predicted molar refractivity (Wildman–Crippen MR) is 101 cm³/mol. The molecule has 3 amide bonds.